The van der Waals surface area contributed by atoms with Crippen LogP contribution in [0.25, 0.3) is 0 Å². The molecule has 0 bridgehead atoms. The van der Waals surface area contributed by atoms with E-state index in [1.807, 2.05) is 13.0 Å². The summed E-state index contributed by atoms with van der Waals surface area (Å²) in [4.78, 5) is 0. The lowest BCUT2D eigenvalue weighted by molar-refractivity contribution is 0.382. The summed E-state index contributed by atoms with van der Waals surface area (Å²) in [5.74, 6) is -0.0434. The van der Waals surface area contributed by atoms with Gasteiger partial charge < -0.3 is 10.5 Å². The molecule has 0 saturated carbocycles. The fourth-order valence-electron chi connectivity index (χ4n) is 2.01. The van der Waals surface area contributed by atoms with Gasteiger partial charge in [-0.15, -0.1) is 0 Å². The molecule has 1 atom stereocenters. The molecule has 0 aromatic heterocycles. The topological polar surface area (TPSA) is 35.2 Å². The Morgan fingerprint density at radius 1 is 1.44 bits per heavy atom. The Morgan fingerprint density at radius 3 is 2.50 bits per heavy atom. The molecule has 0 aliphatic rings. The predicted molar refractivity (Wildman–Crippen MR) is 64.2 cm³/mol. The second-order valence-corrected chi connectivity index (χ2v) is 4.91. The predicted octanol–water partition coefficient (Wildman–Crippen LogP) is 2.85. The standard InChI is InChI=1S/C13H20FNO/c1-9(15)8-13(2,3)10-5-6-12(16-4)11(14)7-10/h5-7,9H,8,15H2,1-4H3. The van der Waals surface area contributed by atoms with Crippen LogP contribution in [0.5, 0.6) is 5.75 Å². The van der Waals surface area contributed by atoms with Crippen molar-refractivity contribution in [3.05, 3.63) is 29.6 Å². The summed E-state index contributed by atoms with van der Waals surface area (Å²) in [6.45, 7) is 6.09. The second kappa shape index (κ2) is 4.83. The highest BCUT2D eigenvalue weighted by Crippen LogP contribution is 2.30. The van der Waals surface area contributed by atoms with Crippen molar-refractivity contribution in [2.75, 3.05) is 7.11 Å². The van der Waals surface area contributed by atoms with Gasteiger partial charge in [0.15, 0.2) is 11.6 Å². The van der Waals surface area contributed by atoms with Gasteiger partial charge >= 0.3 is 0 Å². The summed E-state index contributed by atoms with van der Waals surface area (Å²) >= 11 is 0. The molecular weight excluding hydrogens is 205 g/mol. The fourth-order valence-corrected chi connectivity index (χ4v) is 2.01. The van der Waals surface area contributed by atoms with Crippen molar-refractivity contribution in [3.63, 3.8) is 0 Å². The third-order valence-electron chi connectivity index (χ3n) is 2.77. The van der Waals surface area contributed by atoms with Crippen molar-refractivity contribution in [2.45, 2.75) is 38.6 Å². The summed E-state index contributed by atoms with van der Waals surface area (Å²) in [7, 11) is 1.46. The van der Waals surface area contributed by atoms with Gasteiger partial charge in [-0.3, -0.25) is 0 Å². The molecule has 0 radical (unpaired) electrons. The van der Waals surface area contributed by atoms with Crippen molar-refractivity contribution in [1.82, 2.24) is 0 Å². The van der Waals surface area contributed by atoms with Gasteiger partial charge in [0, 0.05) is 6.04 Å². The van der Waals surface area contributed by atoms with E-state index in [2.05, 4.69) is 13.8 Å². The summed E-state index contributed by atoms with van der Waals surface area (Å²) in [6, 6.07) is 5.18. The number of nitrogens with two attached hydrogens (primary N) is 1. The average molecular weight is 225 g/mol. The Balaban J connectivity index is 3.00. The minimum Gasteiger partial charge on any atom is -0.494 e. The van der Waals surface area contributed by atoms with Crippen molar-refractivity contribution in [2.24, 2.45) is 5.73 Å². The molecule has 0 fully saturated rings. The third-order valence-corrected chi connectivity index (χ3v) is 2.77. The highest BCUT2D eigenvalue weighted by molar-refractivity contribution is 5.33. The van der Waals surface area contributed by atoms with Crippen molar-refractivity contribution in [3.8, 4) is 5.75 Å². The first-order chi connectivity index (χ1) is 7.36. The first-order valence-corrected chi connectivity index (χ1v) is 5.46. The van der Waals surface area contributed by atoms with Crippen LogP contribution in [0.1, 0.15) is 32.8 Å². The van der Waals surface area contributed by atoms with E-state index in [-0.39, 0.29) is 23.0 Å². The van der Waals surface area contributed by atoms with Gasteiger partial charge in [-0.1, -0.05) is 19.9 Å². The van der Waals surface area contributed by atoms with E-state index in [1.165, 1.54) is 13.2 Å². The third kappa shape index (κ3) is 2.95. The van der Waals surface area contributed by atoms with Gasteiger partial charge in [0.1, 0.15) is 0 Å². The van der Waals surface area contributed by atoms with Gasteiger partial charge in [-0.2, -0.15) is 0 Å². The normalized spacial score (nSPS) is 13.6. The molecule has 1 rings (SSSR count). The largest absolute Gasteiger partial charge is 0.494 e. The Bertz CT molecular complexity index is 361. The second-order valence-electron chi connectivity index (χ2n) is 4.91. The molecule has 1 aromatic carbocycles. The van der Waals surface area contributed by atoms with E-state index >= 15 is 0 Å². The number of methoxy groups -OCH3 is 1. The highest BCUT2D eigenvalue weighted by Gasteiger charge is 2.23. The van der Waals surface area contributed by atoms with Gasteiger partial charge in [-0.25, -0.2) is 4.39 Å². The minimum absolute atomic E-state index is 0.0974. The van der Waals surface area contributed by atoms with E-state index in [9.17, 15) is 4.39 Å². The molecule has 1 unspecified atom stereocenters. The molecule has 3 heteroatoms. The molecule has 2 N–H and O–H groups in total. The SMILES string of the molecule is COc1ccc(C(C)(C)CC(C)N)cc1F. The van der Waals surface area contributed by atoms with Crippen molar-refractivity contribution in [1.29, 1.82) is 0 Å². The van der Waals surface area contributed by atoms with Crippen molar-refractivity contribution < 1.29 is 9.13 Å². The quantitative estimate of drug-likeness (QED) is 0.855. The molecule has 16 heavy (non-hydrogen) atoms. The lowest BCUT2D eigenvalue weighted by Gasteiger charge is -2.27. The highest BCUT2D eigenvalue weighted by atomic mass is 19.1. The zero-order valence-electron chi connectivity index (χ0n) is 10.4. The maximum absolute atomic E-state index is 13.6. The van der Waals surface area contributed by atoms with Crippen LogP contribution >= 0.6 is 0 Å². The van der Waals surface area contributed by atoms with E-state index in [0.29, 0.717) is 0 Å². The Labute approximate surface area is 96.6 Å². The molecule has 0 aliphatic carbocycles. The van der Waals surface area contributed by atoms with Gasteiger partial charge in [0.05, 0.1) is 7.11 Å². The van der Waals surface area contributed by atoms with Crippen LogP contribution < -0.4 is 10.5 Å². The fraction of sp³-hybridized carbons (Fsp3) is 0.538. The molecule has 0 heterocycles. The Kier molecular flexibility index (Phi) is 3.92. The van der Waals surface area contributed by atoms with Crippen LogP contribution in [-0.2, 0) is 5.41 Å². The maximum atomic E-state index is 13.6. The molecule has 0 saturated heterocycles. The van der Waals surface area contributed by atoms with E-state index in [0.717, 1.165) is 12.0 Å². The number of ether oxygens (including phenoxy) is 1. The lowest BCUT2D eigenvalue weighted by Crippen LogP contribution is -2.28. The van der Waals surface area contributed by atoms with E-state index in [1.54, 1.807) is 6.07 Å². The smallest absolute Gasteiger partial charge is 0.165 e. The first-order valence-electron chi connectivity index (χ1n) is 5.46. The molecular formula is C13H20FNO. The number of benzene rings is 1. The number of hydrogen-bond donors (Lipinski definition) is 1. The number of rotatable bonds is 4. The van der Waals surface area contributed by atoms with Gasteiger partial charge in [0.2, 0.25) is 0 Å². The summed E-state index contributed by atoms with van der Waals surface area (Å²) < 4.78 is 18.5. The van der Waals surface area contributed by atoms with Crippen LogP contribution in [0.2, 0.25) is 0 Å². The maximum Gasteiger partial charge on any atom is 0.165 e. The summed E-state index contributed by atoms with van der Waals surface area (Å²) in [5, 5.41) is 0. The van der Waals surface area contributed by atoms with Gasteiger partial charge in [0.25, 0.3) is 0 Å². The summed E-state index contributed by atoms with van der Waals surface area (Å²) in [6.07, 6.45) is 0.818. The molecule has 2 nitrogen and oxygen atoms in total. The summed E-state index contributed by atoms with van der Waals surface area (Å²) in [5.41, 5.74) is 6.62. The van der Waals surface area contributed by atoms with Gasteiger partial charge in [-0.05, 0) is 36.5 Å². The average Bonchev–Trinajstić information content (AvgIpc) is 2.15. The van der Waals surface area contributed by atoms with Crippen LogP contribution in [0.3, 0.4) is 0 Å². The van der Waals surface area contributed by atoms with Crippen molar-refractivity contribution >= 4 is 0 Å². The van der Waals surface area contributed by atoms with Crippen LogP contribution in [0.15, 0.2) is 18.2 Å². The van der Waals surface area contributed by atoms with Crippen LogP contribution in [-0.4, -0.2) is 13.2 Å². The number of hydrogen-bond acceptors (Lipinski definition) is 2. The zero-order chi connectivity index (χ0) is 12.3. The molecule has 0 aliphatic heterocycles. The van der Waals surface area contributed by atoms with Crippen LogP contribution in [0.4, 0.5) is 4.39 Å². The minimum atomic E-state index is -0.322. The molecule has 0 amide bonds. The molecule has 0 spiro atoms. The number of halogens is 1. The lowest BCUT2D eigenvalue weighted by atomic mass is 9.79. The molecule has 90 valence electrons. The Morgan fingerprint density at radius 2 is 2.06 bits per heavy atom. The first kappa shape index (κ1) is 13.0. The van der Waals surface area contributed by atoms with Crippen LogP contribution in [0, 0.1) is 5.82 Å². The van der Waals surface area contributed by atoms with E-state index < -0.39 is 0 Å². The Hall–Kier alpha value is -1.09. The van der Waals surface area contributed by atoms with E-state index in [4.69, 9.17) is 10.5 Å². The zero-order valence-corrected chi connectivity index (χ0v) is 10.4. The molecule has 1 aromatic rings. The monoisotopic (exact) mass is 225 g/mol.